The van der Waals surface area contributed by atoms with Crippen LogP contribution in [-0.2, 0) is 48.0 Å². The molecule has 0 radical (unpaired) electrons. The van der Waals surface area contributed by atoms with Crippen LogP contribution in [0.4, 0.5) is 0 Å². The third-order valence-electron chi connectivity index (χ3n) is 16.9. The van der Waals surface area contributed by atoms with Crippen LogP contribution in [0.1, 0.15) is 167 Å². The van der Waals surface area contributed by atoms with Crippen LogP contribution < -0.4 is 22.8 Å². The SMILES string of the molecule is Cc1cc(-c2ccc(C)c(C)c2C)[n+](C)cc1C.Cc1ccccc1-c1ccc(CC(C)(C)C)c[n+]1C.[2H]C(C)(C)c1ccc(-c2ccccc2C)[n+](C)c1.[2H]C([2H])([2H])c1c[n+](C)c(-c2ccc(C([2H])([2H])[2H])c(C([2H])([2H])[2H])c2C)cc1C.[2H]C([2H])(c1ccc(-c2ccccc2C)[n+](C)c1)C(C)(C)C. The highest BCUT2D eigenvalue weighted by molar-refractivity contribution is 5.67. The average molecular weight is 1230 g/mol. The van der Waals surface area contributed by atoms with Crippen molar-refractivity contribution in [2.24, 2.45) is 46.1 Å². The number of aromatic nitrogens is 5. The average Bonchev–Trinajstić information content (AvgIpc) is 0.760. The molecule has 0 atom stereocenters. The van der Waals surface area contributed by atoms with Gasteiger partial charge in [-0.3, -0.25) is 0 Å². The van der Waals surface area contributed by atoms with E-state index in [2.05, 4.69) is 226 Å². The van der Waals surface area contributed by atoms with Gasteiger partial charge in [0.1, 0.15) is 35.2 Å². The van der Waals surface area contributed by atoms with E-state index >= 15 is 0 Å². The molecule has 0 aliphatic rings. The van der Waals surface area contributed by atoms with Crippen LogP contribution in [0.2, 0.25) is 0 Å². The first-order chi connectivity index (χ1) is 47.4. The lowest BCUT2D eigenvalue weighted by molar-refractivity contribution is -0.661. The van der Waals surface area contributed by atoms with Crippen LogP contribution in [0.25, 0.3) is 56.3 Å². The highest BCUT2D eigenvalue weighted by atomic mass is 14.9. The second-order valence-electron chi connectivity index (χ2n) is 27.3. The normalized spacial score (nSPS) is 13.8. The Morgan fingerprint density at radius 1 is 0.341 bits per heavy atom. The second-order valence-corrected chi connectivity index (χ2v) is 27.3. The first-order valence-corrected chi connectivity index (χ1v) is 31.7. The predicted octanol–water partition coefficient (Wildman–Crippen LogP) is 19.2. The van der Waals surface area contributed by atoms with Crippen molar-refractivity contribution in [1.29, 1.82) is 0 Å². The van der Waals surface area contributed by atoms with Crippen molar-refractivity contribution < 1.29 is 39.3 Å². The van der Waals surface area contributed by atoms with Crippen LogP contribution in [0.3, 0.4) is 0 Å². The molecular weight excluding hydrogens is 1100 g/mol. The van der Waals surface area contributed by atoms with Gasteiger partial charge >= 0.3 is 0 Å². The maximum Gasteiger partial charge on any atom is 0.212 e. The molecule has 5 nitrogen and oxygen atoms in total. The molecule has 0 fully saturated rings. The fourth-order valence-electron chi connectivity index (χ4n) is 11.2. The third-order valence-corrected chi connectivity index (χ3v) is 16.9. The van der Waals surface area contributed by atoms with E-state index in [9.17, 15) is 0 Å². The summed E-state index contributed by atoms with van der Waals surface area (Å²) in [6.07, 6.45) is 9.67. The lowest BCUT2D eigenvalue weighted by Gasteiger charge is -2.17. The predicted molar refractivity (Wildman–Crippen MR) is 387 cm³/mol. The Bertz CT molecular complexity index is 4650. The van der Waals surface area contributed by atoms with E-state index in [-0.39, 0.29) is 16.7 Å². The molecule has 10 aromatic rings. The summed E-state index contributed by atoms with van der Waals surface area (Å²) in [7, 11) is 9.95. The fraction of sp³-hybridized carbons (Fsp3) is 0.360. The zero-order chi connectivity index (χ0) is 77.6. The van der Waals surface area contributed by atoms with Gasteiger partial charge in [-0.25, -0.2) is 22.8 Å². The molecule has 0 saturated heterocycles. The molecule has 5 heterocycles. The summed E-state index contributed by atoms with van der Waals surface area (Å²) < 4.78 is 104. The Morgan fingerprint density at radius 2 is 0.736 bits per heavy atom. The first kappa shape index (κ1) is 55.7. The van der Waals surface area contributed by atoms with Crippen molar-refractivity contribution in [2.45, 2.75) is 164 Å². The molecule has 5 aromatic carbocycles. The van der Waals surface area contributed by atoms with Gasteiger partial charge in [0.25, 0.3) is 0 Å². The van der Waals surface area contributed by atoms with Crippen LogP contribution in [0.15, 0.2) is 177 Å². The monoisotopic (exact) mass is 1230 g/mol. The number of hydrogen-bond acceptors (Lipinski definition) is 0. The van der Waals surface area contributed by atoms with Gasteiger partial charge in [-0.1, -0.05) is 122 Å². The third kappa shape index (κ3) is 19.4. The summed E-state index contributed by atoms with van der Waals surface area (Å²) in [4.78, 5) is 0. The van der Waals surface area contributed by atoms with Crippen molar-refractivity contribution >= 4 is 0 Å². The summed E-state index contributed by atoms with van der Waals surface area (Å²) in [6, 6.07) is 49.1. The van der Waals surface area contributed by atoms with Crippen LogP contribution in [0, 0.1) is 101 Å². The number of hydrogen-bond donors (Lipinski definition) is 0. The summed E-state index contributed by atoms with van der Waals surface area (Å²) in [5.41, 5.74) is 25.5. The van der Waals surface area contributed by atoms with E-state index in [4.69, 9.17) is 16.4 Å². The molecule has 5 aromatic heterocycles. The van der Waals surface area contributed by atoms with Gasteiger partial charge in [0.15, 0.2) is 31.0 Å². The van der Waals surface area contributed by atoms with Gasteiger partial charge in [-0.05, 0) is 229 Å². The molecule has 0 spiro atoms. The smallest absolute Gasteiger partial charge is 0.201 e. The molecule has 0 aliphatic carbocycles. The number of nitrogens with zero attached hydrogens (tertiary/aromatic N) is 5. The lowest BCUT2D eigenvalue weighted by Crippen LogP contribution is -2.32. The summed E-state index contributed by atoms with van der Waals surface area (Å²) in [5, 5.41) is 0. The van der Waals surface area contributed by atoms with Crippen LogP contribution >= 0.6 is 0 Å². The molecule has 0 unspecified atom stereocenters. The van der Waals surface area contributed by atoms with E-state index in [0.717, 1.165) is 23.2 Å². The van der Waals surface area contributed by atoms with Crippen molar-refractivity contribution in [3.63, 3.8) is 0 Å². The van der Waals surface area contributed by atoms with E-state index in [1.54, 1.807) is 37.6 Å². The van der Waals surface area contributed by atoms with Crippen molar-refractivity contribution in [3.8, 4) is 56.3 Å². The quantitative estimate of drug-likeness (QED) is 0.135. The molecule has 0 N–H and O–H groups in total. The number of benzene rings is 5. The van der Waals surface area contributed by atoms with Gasteiger partial charge in [0.05, 0.1) is 0 Å². The van der Waals surface area contributed by atoms with Crippen LogP contribution in [0.5, 0.6) is 0 Å². The van der Waals surface area contributed by atoms with Gasteiger partial charge in [-0.15, -0.1) is 0 Å². The zero-order valence-corrected chi connectivity index (χ0v) is 59.2. The molecule has 91 heavy (non-hydrogen) atoms. The Morgan fingerprint density at radius 3 is 1.15 bits per heavy atom. The lowest BCUT2D eigenvalue weighted by atomic mass is 9.88. The van der Waals surface area contributed by atoms with Crippen molar-refractivity contribution in [3.05, 3.63) is 266 Å². The molecule has 0 amide bonds. The number of pyridine rings is 5. The molecule has 5 heteroatoms. The zero-order valence-electron chi connectivity index (χ0n) is 71.2. The minimum atomic E-state index is -2.59. The highest BCUT2D eigenvalue weighted by Crippen LogP contribution is 2.30. The Hall–Kier alpha value is -8.15. The second kappa shape index (κ2) is 31.2. The van der Waals surface area contributed by atoms with E-state index in [1.165, 1.54) is 102 Å². The number of aryl methyl sites for hydroxylation is 14. The van der Waals surface area contributed by atoms with Gasteiger partial charge in [0.2, 0.25) is 28.5 Å². The standard InChI is InChI=1S/2C18H24N.2C17H22N.C16H20N/c2*1-14-8-6-7-9-16(14)17-11-10-15(13-19(17)5)12-18(2,3)4;2*1-11-7-8-16(15(5)14(11)4)17-9-12(2)13(3)10-18(17)6;1-12(2)14-9-10-16(17(4)11-14)15-8-6-5-7-13(15)3/h2*6-11,13H,12H2,1-5H3;2*7-10H,1-6H3;5-12H,1-4H3/q5*+1/i12D2;;1D3,3D3,4D3;;12D. The minimum Gasteiger partial charge on any atom is -0.201 e. The maximum absolute atomic E-state index is 8.39. The largest absolute Gasteiger partial charge is 0.212 e. The summed E-state index contributed by atoms with van der Waals surface area (Å²) in [5.74, 6) is -0.554. The molecule has 0 saturated carbocycles. The molecule has 476 valence electrons. The van der Waals surface area contributed by atoms with E-state index in [1.807, 2.05) is 83.7 Å². The topological polar surface area (TPSA) is 19.4 Å². The summed E-state index contributed by atoms with van der Waals surface area (Å²) in [6.45, 7) is 29.6. The van der Waals surface area contributed by atoms with Gasteiger partial charge < -0.3 is 0 Å². The van der Waals surface area contributed by atoms with Crippen molar-refractivity contribution in [2.75, 3.05) is 0 Å². The fourth-order valence-corrected chi connectivity index (χ4v) is 11.2. The Labute approximate surface area is 568 Å². The van der Waals surface area contributed by atoms with Gasteiger partial charge in [0, 0.05) is 102 Å². The molecule has 10 rings (SSSR count). The highest BCUT2D eigenvalue weighted by Gasteiger charge is 2.21. The summed E-state index contributed by atoms with van der Waals surface area (Å²) >= 11 is 0. The molecule has 0 aliphatic heterocycles. The maximum atomic E-state index is 8.39. The van der Waals surface area contributed by atoms with Crippen molar-refractivity contribution in [1.82, 2.24) is 0 Å². The Kier molecular flexibility index (Phi) is 19.1. The first-order valence-electron chi connectivity index (χ1n) is 37.7. The molecular formula is C86H112N5+5. The Balaban J connectivity index is 0.000000204. The van der Waals surface area contributed by atoms with Crippen LogP contribution in [-0.4, -0.2) is 0 Å². The van der Waals surface area contributed by atoms with Gasteiger partial charge in [-0.2, -0.15) is 0 Å². The molecule has 0 bridgehead atoms. The minimum absolute atomic E-state index is 0.183. The number of rotatable bonds is 8. The van der Waals surface area contributed by atoms with E-state index in [0.29, 0.717) is 27.8 Å². The van der Waals surface area contributed by atoms with E-state index < -0.39 is 38.2 Å².